The molecule has 0 aromatic heterocycles. The van der Waals surface area contributed by atoms with E-state index in [0.717, 1.165) is 31.2 Å². The molecule has 0 amide bonds. The Labute approximate surface area is 129 Å². The van der Waals surface area contributed by atoms with Crippen LogP contribution < -0.4 is 10.1 Å². The van der Waals surface area contributed by atoms with E-state index in [1.54, 1.807) is 0 Å². The lowest BCUT2D eigenvalue weighted by Crippen LogP contribution is -2.27. The van der Waals surface area contributed by atoms with Gasteiger partial charge in [0.05, 0.1) is 6.61 Å². The van der Waals surface area contributed by atoms with Gasteiger partial charge in [0.1, 0.15) is 5.75 Å². The van der Waals surface area contributed by atoms with Gasteiger partial charge in [0, 0.05) is 6.04 Å². The van der Waals surface area contributed by atoms with Crippen molar-refractivity contribution in [3.05, 3.63) is 29.8 Å². The Bertz CT molecular complexity index is 387. The maximum atomic E-state index is 5.58. The van der Waals surface area contributed by atoms with Gasteiger partial charge in [-0.25, -0.2) is 0 Å². The van der Waals surface area contributed by atoms with E-state index < -0.39 is 0 Å². The molecule has 1 fully saturated rings. The summed E-state index contributed by atoms with van der Waals surface area (Å²) in [5, 5.41) is 3.52. The Morgan fingerprint density at radius 1 is 1.24 bits per heavy atom. The van der Waals surface area contributed by atoms with Crippen LogP contribution in [0.25, 0.3) is 0 Å². The summed E-state index contributed by atoms with van der Waals surface area (Å²) in [6.07, 6.45) is 6.11. The minimum atomic E-state index is 0.369. The Kier molecular flexibility index (Phi) is 7.04. The van der Waals surface area contributed by atoms with E-state index in [1.807, 2.05) is 12.1 Å². The highest BCUT2D eigenvalue weighted by Crippen LogP contribution is 2.28. The summed E-state index contributed by atoms with van der Waals surface area (Å²) in [5.74, 6) is 1.69. The van der Waals surface area contributed by atoms with Crippen LogP contribution in [0.3, 0.4) is 0 Å². The summed E-state index contributed by atoms with van der Waals surface area (Å²) in [4.78, 5) is 0. The first kappa shape index (κ1) is 16.3. The molecular weight excluding hydrogens is 262 g/mol. The number of hydrogen-bond donors (Lipinski definition) is 1. The maximum absolute atomic E-state index is 5.58. The summed E-state index contributed by atoms with van der Waals surface area (Å²) in [6, 6.07) is 8.97. The summed E-state index contributed by atoms with van der Waals surface area (Å²) >= 11 is 0. The molecule has 1 saturated carbocycles. The van der Waals surface area contributed by atoms with Gasteiger partial charge in [-0.15, -0.1) is 0 Å². The average molecular weight is 291 g/mol. The fourth-order valence-corrected chi connectivity index (χ4v) is 2.24. The summed E-state index contributed by atoms with van der Waals surface area (Å²) < 4.78 is 11.1. The number of nitrogens with one attached hydrogen (secondary N) is 1. The molecule has 0 spiro atoms. The Balaban J connectivity index is 1.61. The standard InChI is InChI=1S/C18H29NO2/c1-3-12-19-15(2)4-5-16-8-10-18(11-9-16)21-14-20-13-17-6-7-17/h8-11,15,17,19H,3-7,12-14H2,1-2H3. The smallest absolute Gasteiger partial charge is 0.189 e. The van der Waals surface area contributed by atoms with Gasteiger partial charge in [0.15, 0.2) is 6.79 Å². The lowest BCUT2D eigenvalue weighted by molar-refractivity contribution is 0.00997. The van der Waals surface area contributed by atoms with Gasteiger partial charge < -0.3 is 14.8 Å². The Morgan fingerprint density at radius 2 is 2.00 bits per heavy atom. The van der Waals surface area contributed by atoms with Crippen LogP contribution in [-0.2, 0) is 11.2 Å². The molecule has 21 heavy (non-hydrogen) atoms. The molecule has 0 radical (unpaired) electrons. The third-order valence-electron chi connectivity index (χ3n) is 3.89. The molecule has 3 heteroatoms. The number of hydrogen-bond acceptors (Lipinski definition) is 3. The van der Waals surface area contributed by atoms with Crippen LogP contribution in [0.5, 0.6) is 5.75 Å². The molecule has 1 unspecified atom stereocenters. The second-order valence-corrected chi connectivity index (χ2v) is 6.11. The summed E-state index contributed by atoms with van der Waals surface area (Å²) in [7, 11) is 0. The number of benzene rings is 1. The second-order valence-electron chi connectivity index (χ2n) is 6.11. The van der Waals surface area contributed by atoms with Crippen molar-refractivity contribution in [1.29, 1.82) is 0 Å². The first-order valence-electron chi connectivity index (χ1n) is 8.30. The molecule has 0 bridgehead atoms. The van der Waals surface area contributed by atoms with Gasteiger partial charge in [-0.1, -0.05) is 19.1 Å². The highest BCUT2D eigenvalue weighted by molar-refractivity contribution is 5.27. The van der Waals surface area contributed by atoms with Crippen LogP contribution in [0, 0.1) is 5.92 Å². The zero-order valence-electron chi connectivity index (χ0n) is 13.4. The fourth-order valence-electron chi connectivity index (χ4n) is 2.24. The van der Waals surface area contributed by atoms with Crippen LogP contribution in [0.2, 0.25) is 0 Å². The van der Waals surface area contributed by atoms with E-state index in [0.29, 0.717) is 12.8 Å². The quantitative estimate of drug-likeness (QED) is 0.497. The van der Waals surface area contributed by atoms with Crippen LogP contribution in [0.4, 0.5) is 0 Å². The molecule has 1 aliphatic carbocycles. The van der Waals surface area contributed by atoms with E-state index in [-0.39, 0.29) is 0 Å². The van der Waals surface area contributed by atoms with Crippen LogP contribution in [0.1, 0.15) is 45.1 Å². The Hall–Kier alpha value is -1.06. The fraction of sp³-hybridized carbons (Fsp3) is 0.667. The number of rotatable bonds is 11. The molecule has 0 aliphatic heterocycles. The summed E-state index contributed by atoms with van der Waals surface area (Å²) in [5.41, 5.74) is 1.37. The molecule has 1 atom stereocenters. The average Bonchev–Trinajstić information content (AvgIpc) is 3.33. The normalized spacial score (nSPS) is 15.9. The van der Waals surface area contributed by atoms with E-state index >= 15 is 0 Å². The molecule has 118 valence electrons. The third-order valence-corrected chi connectivity index (χ3v) is 3.89. The molecule has 1 N–H and O–H groups in total. The van der Waals surface area contributed by atoms with Crippen molar-refractivity contribution in [2.45, 2.75) is 52.0 Å². The van der Waals surface area contributed by atoms with Crippen LogP contribution in [-0.4, -0.2) is 26.0 Å². The first-order chi connectivity index (χ1) is 10.3. The van der Waals surface area contributed by atoms with E-state index in [4.69, 9.17) is 9.47 Å². The molecule has 0 saturated heterocycles. The predicted molar refractivity (Wildman–Crippen MR) is 86.7 cm³/mol. The minimum absolute atomic E-state index is 0.369. The van der Waals surface area contributed by atoms with Gasteiger partial charge >= 0.3 is 0 Å². The van der Waals surface area contributed by atoms with Gasteiger partial charge in [0.2, 0.25) is 0 Å². The van der Waals surface area contributed by atoms with Crippen molar-refractivity contribution in [2.75, 3.05) is 19.9 Å². The summed E-state index contributed by atoms with van der Waals surface area (Å²) in [6.45, 7) is 6.78. The van der Waals surface area contributed by atoms with Crippen molar-refractivity contribution in [1.82, 2.24) is 5.32 Å². The molecule has 1 aliphatic rings. The van der Waals surface area contributed by atoms with Crippen LogP contribution in [0.15, 0.2) is 24.3 Å². The Morgan fingerprint density at radius 3 is 2.67 bits per heavy atom. The topological polar surface area (TPSA) is 30.5 Å². The molecule has 1 aromatic carbocycles. The minimum Gasteiger partial charge on any atom is -0.468 e. The van der Waals surface area contributed by atoms with Crippen molar-refractivity contribution in [3.8, 4) is 5.75 Å². The number of ether oxygens (including phenoxy) is 2. The highest BCUT2D eigenvalue weighted by atomic mass is 16.7. The van der Waals surface area contributed by atoms with Gasteiger partial charge in [-0.2, -0.15) is 0 Å². The molecule has 1 aromatic rings. The number of aryl methyl sites for hydroxylation is 1. The monoisotopic (exact) mass is 291 g/mol. The first-order valence-corrected chi connectivity index (χ1v) is 8.30. The van der Waals surface area contributed by atoms with E-state index in [2.05, 4.69) is 31.3 Å². The van der Waals surface area contributed by atoms with E-state index in [9.17, 15) is 0 Å². The molecule has 0 heterocycles. The van der Waals surface area contributed by atoms with Crippen LogP contribution >= 0.6 is 0 Å². The van der Waals surface area contributed by atoms with Crippen molar-refractivity contribution in [3.63, 3.8) is 0 Å². The molecular formula is C18H29NO2. The van der Waals surface area contributed by atoms with Gasteiger partial charge in [0.25, 0.3) is 0 Å². The zero-order valence-corrected chi connectivity index (χ0v) is 13.4. The SMILES string of the molecule is CCCNC(C)CCc1ccc(OCOCC2CC2)cc1. The second kappa shape index (κ2) is 9.06. The predicted octanol–water partition coefficient (Wildman–Crippen LogP) is 3.77. The molecule has 3 nitrogen and oxygen atoms in total. The van der Waals surface area contributed by atoms with Gasteiger partial charge in [-0.3, -0.25) is 0 Å². The van der Waals surface area contributed by atoms with Crippen molar-refractivity contribution in [2.24, 2.45) is 5.92 Å². The zero-order chi connectivity index (χ0) is 14.9. The lowest BCUT2D eigenvalue weighted by Gasteiger charge is -2.13. The highest BCUT2D eigenvalue weighted by Gasteiger charge is 2.21. The maximum Gasteiger partial charge on any atom is 0.189 e. The largest absolute Gasteiger partial charge is 0.468 e. The van der Waals surface area contributed by atoms with E-state index in [1.165, 1.54) is 31.2 Å². The lowest BCUT2D eigenvalue weighted by atomic mass is 10.1. The van der Waals surface area contributed by atoms with Crippen molar-refractivity contribution >= 4 is 0 Å². The van der Waals surface area contributed by atoms with Crippen molar-refractivity contribution < 1.29 is 9.47 Å². The molecule has 2 rings (SSSR count). The third kappa shape index (κ3) is 6.96. The van der Waals surface area contributed by atoms with Gasteiger partial charge in [-0.05, 0) is 69.2 Å².